The summed E-state index contributed by atoms with van der Waals surface area (Å²) in [7, 11) is 0. The molecule has 1 aliphatic rings. The van der Waals surface area contributed by atoms with Crippen molar-refractivity contribution in [2.24, 2.45) is 0 Å². The van der Waals surface area contributed by atoms with Crippen LogP contribution in [0.5, 0.6) is 5.75 Å². The van der Waals surface area contributed by atoms with Gasteiger partial charge in [-0.1, -0.05) is 24.3 Å². The molecule has 0 saturated heterocycles. The van der Waals surface area contributed by atoms with E-state index >= 15 is 0 Å². The summed E-state index contributed by atoms with van der Waals surface area (Å²) in [4.78, 5) is 16.1. The number of amides is 1. The van der Waals surface area contributed by atoms with Crippen molar-refractivity contribution >= 4 is 5.91 Å². The van der Waals surface area contributed by atoms with Crippen molar-refractivity contribution in [3.05, 3.63) is 59.4 Å². The highest BCUT2D eigenvalue weighted by Crippen LogP contribution is 2.39. The minimum absolute atomic E-state index is 0.0646. The van der Waals surface area contributed by atoms with Gasteiger partial charge in [-0.2, -0.15) is 13.2 Å². The Bertz CT molecular complexity index is 754. The van der Waals surface area contributed by atoms with Crippen LogP contribution < -0.4 is 10.1 Å². The number of carbonyl (C=O) groups is 1. The van der Waals surface area contributed by atoms with Crippen molar-refractivity contribution in [2.75, 3.05) is 13.2 Å². The molecule has 3 rings (SSSR count). The van der Waals surface area contributed by atoms with E-state index in [0.717, 1.165) is 5.56 Å². The van der Waals surface area contributed by atoms with Gasteiger partial charge >= 0.3 is 6.18 Å². The number of carbonyl (C=O) groups excluding carboxylic acids is 1. The Morgan fingerprint density at radius 2 is 1.89 bits per heavy atom. The van der Waals surface area contributed by atoms with Crippen LogP contribution in [-0.2, 0) is 17.6 Å². The minimum Gasteiger partial charge on any atom is -0.483 e. The molecule has 7 heteroatoms. The molecule has 4 nitrogen and oxygen atoms in total. The molecule has 1 aromatic heterocycles. The molecular weight excluding hydrogens is 357 g/mol. The largest absolute Gasteiger partial charge is 0.483 e. The van der Waals surface area contributed by atoms with Gasteiger partial charge in [0.15, 0.2) is 6.61 Å². The lowest BCUT2D eigenvalue weighted by Crippen LogP contribution is -2.27. The summed E-state index contributed by atoms with van der Waals surface area (Å²) >= 11 is 0. The van der Waals surface area contributed by atoms with E-state index in [-0.39, 0.29) is 11.7 Å². The van der Waals surface area contributed by atoms with Gasteiger partial charge in [0.25, 0.3) is 0 Å². The van der Waals surface area contributed by atoms with Crippen LogP contribution in [0.25, 0.3) is 0 Å². The molecule has 1 aromatic carbocycles. The quantitative estimate of drug-likeness (QED) is 0.760. The van der Waals surface area contributed by atoms with E-state index in [1.165, 1.54) is 30.7 Å². The average molecular weight is 378 g/mol. The molecule has 0 bridgehead atoms. The van der Waals surface area contributed by atoms with Crippen molar-refractivity contribution in [2.45, 2.75) is 37.8 Å². The van der Waals surface area contributed by atoms with Gasteiger partial charge < -0.3 is 10.1 Å². The lowest BCUT2D eigenvalue weighted by Gasteiger charge is -2.09. The van der Waals surface area contributed by atoms with E-state index in [0.29, 0.717) is 31.0 Å². The van der Waals surface area contributed by atoms with Gasteiger partial charge in [0.05, 0.1) is 12.6 Å². The molecule has 1 amide bonds. The Morgan fingerprint density at radius 3 is 2.48 bits per heavy atom. The fourth-order valence-electron chi connectivity index (χ4n) is 2.71. The summed E-state index contributed by atoms with van der Waals surface area (Å²) in [6.07, 6.45) is 0.201. The van der Waals surface area contributed by atoms with Crippen LogP contribution >= 0.6 is 0 Å². The highest BCUT2D eigenvalue weighted by molar-refractivity contribution is 5.78. The highest BCUT2D eigenvalue weighted by Gasteiger charge is 2.28. The first-order chi connectivity index (χ1) is 12.9. The topological polar surface area (TPSA) is 51.2 Å². The fourth-order valence-corrected chi connectivity index (χ4v) is 2.71. The summed E-state index contributed by atoms with van der Waals surface area (Å²) in [6, 6.07) is 11.2. The molecule has 1 aliphatic carbocycles. The lowest BCUT2D eigenvalue weighted by atomic mass is 10.1. The van der Waals surface area contributed by atoms with Crippen molar-refractivity contribution in [3.63, 3.8) is 0 Å². The maximum atomic E-state index is 12.1. The third kappa shape index (κ3) is 6.58. The number of nitrogens with one attached hydrogen (secondary N) is 1. The van der Waals surface area contributed by atoms with Gasteiger partial charge in [-0.25, -0.2) is 0 Å². The van der Waals surface area contributed by atoms with Crippen LogP contribution in [0, 0.1) is 0 Å². The number of rotatable bonds is 8. The summed E-state index contributed by atoms with van der Waals surface area (Å²) in [6.45, 7) is -0.930. The first-order valence-electron chi connectivity index (χ1n) is 8.89. The third-order valence-electron chi connectivity index (χ3n) is 4.30. The number of ether oxygens (including phenoxy) is 1. The SMILES string of the molecule is O=C(Cc1ccc(C2CC2)cc1)NCCc1ccc(OCC(F)(F)F)cn1. The zero-order chi connectivity index (χ0) is 19.3. The minimum atomic E-state index is -4.37. The maximum Gasteiger partial charge on any atom is 0.422 e. The molecule has 0 aliphatic heterocycles. The summed E-state index contributed by atoms with van der Waals surface area (Å²) < 4.78 is 40.9. The molecule has 144 valence electrons. The Kier molecular flexibility index (Phi) is 5.98. The number of alkyl halides is 3. The van der Waals surface area contributed by atoms with E-state index in [9.17, 15) is 18.0 Å². The van der Waals surface area contributed by atoms with Crippen molar-refractivity contribution in [1.29, 1.82) is 0 Å². The summed E-state index contributed by atoms with van der Waals surface area (Å²) in [5.74, 6) is 0.694. The van der Waals surface area contributed by atoms with Crippen LogP contribution in [-0.4, -0.2) is 30.2 Å². The Balaban J connectivity index is 1.37. The number of halogens is 3. The summed E-state index contributed by atoms with van der Waals surface area (Å²) in [5.41, 5.74) is 2.98. The predicted molar refractivity (Wildman–Crippen MR) is 94.6 cm³/mol. The van der Waals surface area contributed by atoms with E-state index < -0.39 is 12.8 Å². The molecule has 0 atom stereocenters. The van der Waals surface area contributed by atoms with E-state index in [2.05, 4.69) is 27.2 Å². The normalized spacial score (nSPS) is 14.0. The molecular formula is C20H21F3N2O2. The van der Waals surface area contributed by atoms with Gasteiger partial charge in [0.2, 0.25) is 5.91 Å². The number of nitrogens with zero attached hydrogens (tertiary/aromatic N) is 1. The molecule has 0 spiro atoms. The highest BCUT2D eigenvalue weighted by atomic mass is 19.4. The van der Waals surface area contributed by atoms with Crippen molar-refractivity contribution in [3.8, 4) is 5.75 Å². The van der Waals surface area contributed by atoms with E-state index in [1.807, 2.05) is 12.1 Å². The zero-order valence-electron chi connectivity index (χ0n) is 14.8. The molecule has 27 heavy (non-hydrogen) atoms. The van der Waals surface area contributed by atoms with Gasteiger partial charge in [0.1, 0.15) is 5.75 Å². The van der Waals surface area contributed by atoms with Crippen LogP contribution in [0.15, 0.2) is 42.6 Å². The number of hydrogen-bond acceptors (Lipinski definition) is 3. The second-order valence-electron chi connectivity index (χ2n) is 6.68. The third-order valence-corrected chi connectivity index (χ3v) is 4.30. The van der Waals surface area contributed by atoms with E-state index in [1.54, 1.807) is 6.07 Å². The molecule has 1 saturated carbocycles. The van der Waals surface area contributed by atoms with Crippen LogP contribution in [0.4, 0.5) is 13.2 Å². The molecule has 1 N–H and O–H groups in total. The van der Waals surface area contributed by atoms with Crippen LogP contribution in [0.1, 0.15) is 35.6 Å². The zero-order valence-corrected chi connectivity index (χ0v) is 14.8. The van der Waals surface area contributed by atoms with Crippen molar-refractivity contribution in [1.82, 2.24) is 10.3 Å². The van der Waals surface area contributed by atoms with E-state index in [4.69, 9.17) is 0 Å². The monoisotopic (exact) mass is 378 g/mol. The maximum absolute atomic E-state index is 12.1. The Hall–Kier alpha value is -2.57. The van der Waals surface area contributed by atoms with Crippen LogP contribution in [0.2, 0.25) is 0 Å². The standard InChI is InChI=1S/C20H21F3N2O2/c21-20(22,23)13-27-18-8-7-17(25-12-18)9-10-24-19(26)11-14-1-3-15(4-2-14)16-5-6-16/h1-4,7-8,12,16H,5-6,9-11,13H2,(H,24,26). The molecule has 0 unspecified atom stereocenters. The molecule has 2 aromatic rings. The lowest BCUT2D eigenvalue weighted by molar-refractivity contribution is -0.153. The Morgan fingerprint density at radius 1 is 1.15 bits per heavy atom. The fraction of sp³-hybridized carbons (Fsp3) is 0.400. The number of pyridine rings is 1. The second-order valence-corrected chi connectivity index (χ2v) is 6.68. The predicted octanol–water partition coefficient (Wildman–Crippen LogP) is 3.80. The second kappa shape index (κ2) is 8.41. The molecule has 1 heterocycles. The summed E-state index contributed by atoms with van der Waals surface area (Å²) in [5, 5.41) is 2.83. The number of benzene rings is 1. The van der Waals surface area contributed by atoms with Crippen molar-refractivity contribution < 1.29 is 22.7 Å². The first kappa shape index (κ1) is 19.2. The Labute approximate surface area is 155 Å². The van der Waals surface area contributed by atoms with Gasteiger partial charge in [-0.15, -0.1) is 0 Å². The average Bonchev–Trinajstić information content (AvgIpc) is 3.46. The van der Waals surface area contributed by atoms with Gasteiger partial charge in [-0.05, 0) is 42.0 Å². The molecule has 0 radical (unpaired) electrons. The smallest absolute Gasteiger partial charge is 0.422 e. The first-order valence-corrected chi connectivity index (χ1v) is 8.89. The van der Waals surface area contributed by atoms with Gasteiger partial charge in [0, 0.05) is 18.7 Å². The number of aromatic nitrogens is 1. The van der Waals surface area contributed by atoms with Gasteiger partial charge in [-0.3, -0.25) is 9.78 Å². The molecule has 1 fully saturated rings. The van der Waals surface area contributed by atoms with Crippen LogP contribution in [0.3, 0.4) is 0 Å². The number of hydrogen-bond donors (Lipinski definition) is 1.